The fourth-order valence-corrected chi connectivity index (χ4v) is 3.48. The van der Waals surface area contributed by atoms with Gasteiger partial charge in [-0.25, -0.2) is 4.99 Å². The Hall–Kier alpha value is -0.830. The summed E-state index contributed by atoms with van der Waals surface area (Å²) in [5, 5.41) is 8.99. The van der Waals surface area contributed by atoms with Crippen molar-refractivity contribution in [2.24, 2.45) is 4.99 Å². The number of amides is 1. The van der Waals surface area contributed by atoms with Gasteiger partial charge in [0.15, 0.2) is 5.96 Å². The third-order valence-electron chi connectivity index (χ3n) is 4.20. The van der Waals surface area contributed by atoms with E-state index in [-0.39, 0.29) is 36.4 Å². The van der Waals surface area contributed by atoms with Gasteiger partial charge in [0.2, 0.25) is 5.91 Å². The van der Waals surface area contributed by atoms with Gasteiger partial charge in [-0.15, -0.1) is 35.3 Å². The van der Waals surface area contributed by atoms with Crippen molar-refractivity contribution in [3.8, 4) is 0 Å². The summed E-state index contributed by atoms with van der Waals surface area (Å²) in [6, 6.07) is 2.59. The van der Waals surface area contributed by atoms with Crippen molar-refractivity contribution in [3.05, 3.63) is 21.9 Å². The molecule has 2 rings (SSSR count). The number of carbonyl (C=O) groups is 1. The van der Waals surface area contributed by atoms with Gasteiger partial charge in [0, 0.05) is 25.0 Å². The average Bonchev–Trinajstić information content (AvgIpc) is 2.95. The Kier molecular flexibility index (Phi) is 9.65. The maximum atomic E-state index is 11.8. The summed E-state index contributed by atoms with van der Waals surface area (Å²) >= 11 is 1.75. The Morgan fingerprint density at radius 3 is 2.62 bits per heavy atom. The molecule has 1 aliphatic carbocycles. The zero-order chi connectivity index (χ0) is 16.7. The van der Waals surface area contributed by atoms with Gasteiger partial charge in [0.05, 0.1) is 6.54 Å². The Morgan fingerprint density at radius 2 is 2.04 bits per heavy atom. The first kappa shape index (κ1) is 21.2. The van der Waals surface area contributed by atoms with Gasteiger partial charge < -0.3 is 15.5 Å². The van der Waals surface area contributed by atoms with Crippen LogP contribution in [0.25, 0.3) is 0 Å². The highest BCUT2D eigenvalue weighted by Crippen LogP contribution is 2.17. The molecule has 0 radical (unpaired) electrons. The molecule has 0 aliphatic heterocycles. The van der Waals surface area contributed by atoms with E-state index in [1.54, 1.807) is 30.3 Å². The molecule has 136 valence electrons. The van der Waals surface area contributed by atoms with Crippen molar-refractivity contribution >= 4 is 47.2 Å². The van der Waals surface area contributed by atoms with Crippen LogP contribution in [0.2, 0.25) is 0 Å². The molecule has 1 amide bonds. The van der Waals surface area contributed by atoms with Crippen molar-refractivity contribution < 1.29 is 4.79 Å². The molecule has 0 spiro atoms. The van der Waals surface area contributed by atoms with E-state index < -0.39 is 0 Å². The molecule has 0 saturated heterocycles. The molecular weight excluding hydrogens is 435 g/mol. The number of hydrogen-bond acceptors (Lipinski definition) is 3. The predicted molar refractivity (Wildman–Crippen MR) is 112 cm³/mol. The monoisotopic (exact) mass is 464 g/mol. The molecule has 24 heavy (non-hydrogen) atoms. The fourth-order valence-electron chi connectivity index (χ4n) is 2.63. The molecule has 0 atom stereocenters. The topological polar surface area (TPSA) is 56.7 Å². The number of aryl methyl sites for hydroxylation is 1. The van der Waals surface area contributed by atoms with Crippen LogP contribution in [0.15, 0.2) is 16.4 Å². The summed E-state index contributed by atoms with van der Waals surface area (Å²) in [4.78, 5) is 19.1. The van der Waals surface area contributed by atoms with Crippen molar-refractivity contribution in [1.82, 2.24) is 15.5 Å². The Balaban J connectivity index is 0.00000288. The third-order valence-corrected chi connectivity index (χ3v) is 5.22. The molecule has 1 heterocycles. The molecule has 0 unspecified atom stereocenters. The van der Waals surface area contributed by atoms with E-state index in [1.165, 1.54) is 42.5 Å². The van der Waals surface area contributed by atoms with Crippen LogP contribution in [-0.4, -0.2) is 43.4 Å². The molecule has 2 N–H and O–H groups in total. The number of rotatable bonds is 5. The van der Waals surface area contributed by atoms with E-state index in [4.69, 9.17) is 0 Å². The quantitative estimate of drug-likeness (QED) is 0.400. The molecule has 1 saturated carbocycles. The number of thiophene rings is 1. The van der Waals surface area contributed by atoms with Gasteiger partial charge in [-0.3, -0.25) is 4.79 Å². The summed E-state index contributed by atoms with van der Waals surface area (Å²) in [5.74, 6) is 0.766. The number of aliphatic imine (C=N–C) groups is 1. The first-order chi connectivity index (χ1) is 11.1. The first-order valence-corrected chi connectivity index (χ1v) is 9.22. The van der Waals surface area contributed by atoms with Crippen molar-refractivity contribution in [2.75, 3.05) is 20.6 Å². The summed E-state index contributed by atoms with van der Waals surface area (Å²) in [5.41, 5.74) is 1.30. The standard InChI is InChI=1S/C17H28N4OS.HI/c1-13-9-10-23-15(13)11-18-17(19-12-16(22)21(2)3)20-14-7-5-4-6-8-14;/h9-10,14H,4-8,11-12H2,1-3H3,(H2,18,19,20);1H. The maximum absolute atomic E-state index is 11.8. The minimum atomic E-state index is 0. The van der Waals surface area contributed by atoms with E-state index in [1.807, 2.05) is 0 Å². The van der Waals surface area contributed by atoms with E-state index in [2.05, 4.69) is 34.0 Å². The van der Waals surface area contributed by atoms with Crippen LogP contribution in [0.3, 0.4) is 0 Å². The molecule has 0 bridgehead atoms. The van der Waals surface area contributed by atoms with Crippen LogP contribution >= 0.6 is 35.3 Å². The third kappa shape index (κ3) is 6.96. The highest BCUT2D eigenvalue weighted by molar-refractivity contribution is 14.0. The second kappa shape index (κ2) is 10.9. The van der Waals surface area contributed by atoms with Gasteiger partial charge in [0.25, 0.3) is 0 Å². The van der Waals surface area contributed by atoms with E-state index in [0.29, 0.717) is 6.04 Å². The molecule has 1 aliphatic rings. The second-order valence-electron chi connectivity index (χ2n) is 6.31. The first-order valence-electron chi connectivity index (χ1n) is 8.34. The normalized spacial score (nSPS) is 15.5. The lowest BCUT2D eigenvalue weighted by Crippen LogP contribution is -2.44. The van der Waals surface area contributed by atoms with Gasteiger partial charge in [0.1, 0.15) is 6.54 Å². The molecule has 0 aromatic carbocycles. The van der Waals surface area contributed by atoms with Crippen molar-refractivity contribution in [2.45, 2.75) is 51.6 Å². The average molecular weight is 464 g/mol. The lowest BCUT2D eigenvalue weighted by molar-refractivity contribution is -0.127. The number of carbonyl (C=O) groups excluding carboxylic acids is 1. The Bertz CT molecular complexity index is 538. The molecule has 1 aromatic heterocycles. The van der Waals surface area contributed by atoms with Gasteiger partial charge in [-0.05, 0) is 36.8 Å². The summed E-state index contributed by atoms with van der Waals surface area (Å²) in [7, 11) is 3.52. The number of likely N-dealkylation sites (N-methyl/N-ethyl adjacent to an activating group) is 1. The number of nitrogens with zero attached hydrogens (tertiary/aromatic N) is 2. The highest BCUT2D eigenvalue weighted by Gasteiger charge is 2.15. The highest BCUT2D eigenvalue weighted by atomic mass is 127. The number of guanidine groups is 1. The number of hydrogen-bond donors (Lipinski definition) is 2. The Labute approximate surface area is 166 Å². The van der Waals surface area contributed by atoms with Crippen LogP contribution < -0.4 is 10.6 Å². The van der Waals surface area contributed by atoms with Crippen LogP contribution in [0.1, 0.15) is 42.5 Å². The number of halogens is 1. The minimum Gasteiger partial charge on any atom is -0.354 e. The van der Waals surface area contributed by atoms with Crippen molar-refractivity contribution in [3.63, 3.8) is 0 Å². The minimum absolute atomic E-state index is 0. The smallest absolute Gasteiger partial charge is 0.243 e. The summed E-state index contributed by atoms with van der Waals surface area (Å²) < 4.78 is 0. The zero-order valence-electron chi connectivity index (χ0n) is 14.8. The summed E-state index contributed by atoms with van der Waals surface area (Å²) in [6.45, 7) is 3.05. The molecule has 1 aromatic rings. The van der Waals surface area contributed by atoms with Crippen molar-refractivity contribution in [1.29, 1.82) is 0 Å². The molecular formula is C17H29IN4OS. The SMILES string of the molecule is Cc1ccsc1CNC(=NCC(=O)N(C)C)NC1CCCCC1.I. The van der Waals surface area contributed by atoms with Crippen LogP contribution in [0.5, 0.6) is 0 Å². The number of nitrogens with one attached hydrogen (secondary N) is 2. The maximum Gasteiger partial charge on any atom is 0.243 e. The second-order valence-corrected chi connectivity index (χ2v) is 7.31. The van der Waals surface area contributed by atoms with Crippen LogP contribution in [-0.2, 0) is 11.3 Å². The predicted octanol–water partition coefficient (Wildman–Crippen LogP) is 3.13. The van der Waals surface area contributed by atoms with E-state index in [9.17, 15) is 4.79 Å². The fraction of sp³-hybridized carbons (Fsp3) is 0.647. The summed E-state index contributed by atoms with van der Waals surface area (Å²) in [6.07, 6.45) is 6.23. The van der Waals surface area contributed by atoms with E-state index in [0.717, 1.165) is 12.5 Å². The van der Waals surface area contributed by atoms with Crippen LogP contribution in [0, 0.1) is 6.92 Å². The van der Waals surface area contributed by atoms with Gasteiger partial charge in [-0.2, -0.15) is 0 Å². The lowest BCUT2D eigenvalue weighted by Gasteiger charge is -2.25. The molecule has 1 fully saturated rings. The van der Waals surface area contributed by atoms with Crippen LogP contribution in [0.4, 0.5) is 0 Å². The molecule has 7 heteroatoms. The van der Waals surface area contributed by atoms with E-state index >= 15 is 0 Å². The van der Waals surface area contributed by atoms with Gasteiger partial charge >= 0.3 is 0 Å². The molecule has 5 nitrogen and oxygen atoms in total. The Morgan fingerprint density at radius 1 is 1.33 bits per heavy atom. The largest absolute Gasteiger partial charge is 0.354 e. The lowest BCUT2D eigenvalue weighted by atomic mass is 9.96. The van der Waals surface area contributed by atoms with Gasteiger partial charge in [-0.1, -0.05) is 19.3 Å². The zero-order valence-corrected chi connectivity index (χ0v) is 17.9.